The van der Waals surface area contributed by atoms with Crippen LogP contribution in [-0.2, 0) is 10.0 Å². The lowest BCUT2D eigenvalue weighted by Gasteiger charge is -2.27. The van der Waals surface area contributed by atoms with Crippen LogP contribution in [0.2, 0.25) is 0 Å². The lowest BCUT2D eigenvalue weighted by Crippen LogP contribution is -2.38. The van der Waals surface area contributed by atoms with Crippen LogP contribution in [0.1, 0.15) is 26.7 Å². The highest BCUT2D eigenvalue weighted by Crippen LogP contribution is 2.33. The average Bonchev–Trinajstić information content (AvgIpc) is 2.77. The first-order chi connectivity index (χ1) is 8.84. The molecule has 0 spiro atoms. The number of hydrogen-bond acceptors (Lipinski definition) is 3. The minimum atomic E-state index is -3.45. The summed E-state index contributed by atoms with van der Waals surface area (Å²) < 4.78 is 27.6. The van der Waals surface area contributed by atoms with Crippen molar-refractivity contribution in [3.05, 3.63) is 22.7 Å². The van der Waals surface area contributed by atoms with Gasteiger partial charge in [-0.1, -0.05) is 13.8 Å². The van der Waals surface area contributed by atoms with Crippen LogP contribution in [0.15, 0.2) is 27.6 Å². The molecule has 0 aliphatic carbocycles. The van der Waals surface area contributed by atoms with E-state index in [-0.39, 0.29) is 6.04 Å². The Balaban J connectivity index is 2.42. The van der Waals surface area contributed by atoms with Crippen LogP contribution in [0.25, 0.3) is 0 Å². The summed E-state index contributed by atoms with van der Waals surface area (Å²) in [5.74, 6) is 0.324. The van der Waals surface area contributed by atoms with Gasteiger partial charge in [0.25, 0.3) is 0 Å². The molecule has 2 rings (SSSR count). The Morgan fingerprint density at radius 2 is 2.11 bits per heavy atom. The normalized spacial score (nSPS) is 21.2. The Kier molecular flexibility index (Phi) is 4.23. The fraction of sp³-hybridized carbons (Fsp3) is 0.538. The van der Waals surface area contributed by atoms with Crippen molar-refractivity contribution in [3.8, 4) is 0 Å². The maximum Gasteiger partial charge on any atom is 0.244 e. The summed E-state index contributed by atoms with van der Waals surface area (Å²) in [5.41, 5.74) is 6.21. The number of hydrogen-bond donors (Lipinski definition) is 1. The smallest absolute Gasteiger partial charge is 0.244 e. The summed E-state index contributed by atoms with van der Waals surface area (Å²) in [6.45, 7) is 4.73. The Morgan fingerprint density at radius 3 is 2.68 bits per heavy atom. The summed E-state index contributed by atoms with van der Waals surface area (Å²) in [5, 5.41) is 0. The number of benzene rings is 1. The Hall–Kier alpha value is -0.590. The summed E-state index contributed by atoms with van der Waals surface area (Å²) in [4.78, 5) is 0.300. The van der Waals surface area contributed by atoms with Crippen molar-refractivity contribution in [1.82, 2.24) is 4.31 Å². The second-order valence-corrected chi connectivity index (χ2v) is 7.97. The molecule has 1 fully saturated rings. The van der Waals surface area contributed by atoms with Crippen LogP contribution in [0.5, 0.6) is 0 Å². The molecule has 0 radical (unpaired) electrons. The van der Waals surface area contributed by atoms with E-state index in [0.717, 1.165) is 12.8 Å². The topological polar surface area (TPSA) is 63.4 Å². The van der Waals surface area contributed by atoms with E-state index in [1.165, 1.54) is 0 Å². The molecule has 1 heterocycles. The first kappa shape index (κ1) is 14.8. The lowest BCUT2D eigenvalue weighted by molar-refractivity contribution is 0.315. The third-order valence-corrected chi connectivity index (χ3v) is 6.46. The second-order valence-electron chi connectivity index (χ2n) is 5.26. The molecule has 1 aliphatic heterocycles. The molecule has 1 unspecified atom stereocenters. The van der Waals surface area contributed by atoms with E-state index in [0.29, 0.717) is 27.5 Å². The van der Waals surface area contributed by atoms with E-state index in [2.05, 4.69) is 29.8 Å². The first-order valence-electron chi connectivity index (χ1n) is 6.41. The van der Waals surface area contributed by atoms with Gasteiger partial charge in [-0.2, -0.15) is 4.31 Å². The van der Waals surface area contributed by atoms with Gasteiger partial charge < -0.3 is 5.73 Å². The van der Waals surface area contributed by atoms with Crippen LogP contribution in [0.3, 0.4) is 0 Å². The van der Waals surface area contributed by atoms with E-state index < -0.39 is 10.0 Å². The van der Waals surface area contributed by atoms with Gasteiger partial charge in [0.15, 0.2) is 0 Å². The van der Waals surface area contributed by atoms with Crippen LogP contribution in [0.4, 0.5) is 5.69 Å². The summed E-state index contributed by atoms with van der Waals surface area (Å²) >= 11 is 3.30. The molecule has 106 valence electrons. The van der Waals surface area contributed by atoms with Gasteiger partial charge in [0.2, 0.25) is 10.0 Å². The highest BCUT2D eigenvalue weighted by molar-refractivity contribution is 9.10. The molecule has 1 atom stereocenters. The van der Waals surface area contributed by atoms with E-state index in [4.69, 9.17) is 5.73 Å². The van der Waals surface area contributed by atoms with Gasteiger partial charge >= 0.3 is 0 Å². The lowest BCUT2D eigenvalue weighted by atomic mass is 10.0. The molecule has 0 amide bonds. The third-order valence-electron chi connectivity index (χ3n) is 3.56. The van der Waals surface area contributed by atoms with Crippen molar-refractivity contribution in [2.24, 2.45) is 5.92 Å². The highest BCUT2D eigenvalue weighted by Gasteiger charge is 2.37. The highest BCUT2D eigenvalue weighted by atomic mass is 79.9. The van der Waals surface area contributed by atoms with Gasteiger partial charge in [0.05, 0.1) is 4.90 Å². The minimum Gasteiger partial charge on any atom is -0.399 e. The zero-order valence-electron chi connectivity index (χ0n) is 11.1. The van der Waals surface area contributed by atoms with Gasteiger partial charge in [-0.05, 0) is 52.9 Å². The maximum absolute atomic E-state index is 12.7. The van der Waals surface area contributed by atoms with Gasteiger partial charge in [0, 0.05) is 22.7 Å². The van der Waals surface area contributed by atoms with Crippen molar-refractivity contribution < 1.29 is 8.42 Å². The second kappa shape index (κ2) is 5.42. The predicted octanol–water partition coefficient (Wildman–Crippen LogP) is 2.84. The Labute approximate surface area is 123 Å². The molecular weight excluding hydrogens is 328 g/mol. The van der Waals surface area contributed by atoms with E-state index in [1.807, 2.05) is 0 Å². The average molecular weight is 347 g/mol. The van der Waals surface area contributed by atoms with Gasteiger partial charge in [-0.15, -0.1) is 0 Å². The van der Waals surface area contributed by atoms with Crippen molar-refractivity contribution >= 4 is 31.6 Å². The third kappa shape index (κ3) is 2.80. The first-order valence-corrected chi connectivity index (χ1v) is 8.64. The molecule has 4 nitrogen and oxygen atoms in total. The molecule has 0 aromatic heterocycles. The van der Waals surface area contributed by atoms with Gasteiger partial charge in [-0.25, -0.2) is 8.42 Å². The number of nitrogen functional groups attached to an aromatic ring is 1. The van der Waals surface area contributed by atoms with Crippen LogP contribution < -0.4 is 5.73 Å². The number of anilines is 1. The SMILES string of the molecule is CC(C)C1CCCN1S(=O)(=O)c1ccc(N)cc1Br. The molecule has 2 N–H and O–H groups in total. The monoisotopic (exact) mass is 346 g/mol. The maximum atomic E-state index is 12.7. The molecule has 1 aromatic rings. The Bertz CT molecular complexity index is 572. The zero-order chi connectivity index (χ0) is 14.2. The van der Waals surface area contributed by atoms with Crippen LogP contribution in [-0.4, -0.2) is 25.3 Å². The van der Waals surface area contributed by atoms with Gasteiger partial charge in [0.1, 0.15) is 0 Å². The molecule has 6 heteroatoms. The number of nitrogens with zero attached hydrogens (tertiary/aromatic N) is 1. The van der Waals surface area contributed by atoms with E-state index in [1.54, 1.807) is 22.5 Å². The van der Waals surface area contributed by atoms with E-state index >= 15 is 0 Å². The van der Waals surface area contributed by atoms with Gasteiger partial charge in [-0.3, -0.25) is 0 Å². The fourth-order valence-corrected chi connectivity index (χ4v) is 5.47. The largest absolute Gasteiger partial charge is 0.399 e. The molecule has 19 heavy (non-hydrogen) atoms. The summed E-state index contributed by atoms with van der Waals surface area (Å²) in [6, 6.07) is 4.92. The predicted molar refractivity (Wildman–Crippen MR) is 80.3 cm³/mol. The summed E-state index contributed by atoms with van der Waals surface area (Å²) in [6.07, 6.45) is 1.86. The standard InChI is InChI=1S/C13H19BrN2O2S/c1-9(2)12-4-3-7-16(12)19(17,18)13-6-5-10(15)8-11(13)14/h5-6,8-9,12H,3-4,7,15H2,1-2H3. The molecule has 0 saturated carbocycles. The molecule has 1 aliphatic rings. The minimum absolute atomic E-state index is 0.0921. The van der Waals surface area contributed by atoms with Crippen molar-refractivity contribution in [2.45, 2.75) is 37.6 Å². The molecular formula is C13H19BrN2O2S. The van der Waals surface area contributed by atoms with Crippen molar-refractivity contribution in [2.75, 3.05) is 12.3 Å². The molecule has 1 aromatic carbocycles. The van der Waals surface area contributed by atoms with Crippen LogP contribution >= 0.6 is 15.9 Å². The fourth-order valence-electron chi connectivity index (χ4n) is 2.58. The summed E-state index contributed by atoms with van der Waals surface area (Å²) in [7, 11) is -3.45. The van der Waals surface area contributed by atoms with E-state index in [9.17, 15) is 8.42 Å². The number of sulfonamides is 1. The number of halogens is 1. The van der Waals surface area contributed by atoms with Crippen LogP contribution in [0, 0.1) is 5.92 Å². The Morgan fingerprint density at radius 1 is 1.42 bits per heavy atom. The zero-order valence-corrected chi connectivity index (χ0v) is 13.5. The van der Waals surface area contributed by atoms with Crippen molar-refractivity contribution in [1.29, 1.82) is 0 Å². The molecule has 1 saturated heterocycles. The number of rotatable bonds is 3. The molecule has 0 bridgehead atoms. The van der Waals surface area contributed by atoms with Crippen molar-refractivity contribution in [3.63, 3.8) is 0 Å². The number of nitrogens with two attached hydrogens (primary N) is 1. The quantitative estimate of drug-likeness (QED) is 0.856.